The maximum atomic E-state index is 5.42. The van der Waals surface area contributed by atoms with Gasteiger partial charge in [-0.2, -0.15) is 0 Å². The summed E-state index contributed by atoms with van der Waals surface area (Å²) in [6.45, 7) is 5.08. The second-order valence-corrected chi connectivity index (χ2v) is 2.88. The molecule has 5 nitrogen and oxygen atoms in total. The molecule has 1 aromatic rings. The van der Waals surface area contributed by atoms with E-state index in [1.807, 2.05) is 13.8 Å². The zero-order chi connectivity index (χ0) is 10.4. The Morgan fingerprint density at radius 1 is 1.43 bits per heavy atom. The van der Waals surface area contributed by atoms with Crippen molar-refractivity contribution < 1.29 is 9.47 Å². The van der Waals surface area contributed by atoms with Gasteiger partial charge in [0.25, 0.3) is 0 Å². The Hall–Kier alpha value is -1.36. The molecule has 0 aliphatic carbocycles. The third-order valence-electron chi connectivity index (χ3n) is 1.54. The molecule has 1 heterocycles. The van der Waals surface area contributed by atoms with Crippen LogP contribution in [0.1, 0.15) is 13.8 Å². The zero-order valence-corrected chi connectivity index (χ0v) is 8.43. The van der Waals surface area contributed by atoms with Crippen molar-refractivity contribution in [2.45, 2.75) is 20.0 Å². The highest BCUT2D eigenvalue weighted by Crippen LogP contribution is 2.07. The number of ether oxygens (including phenoxy) is 2. The molecule has 0 radical (unpaired) electrons. The van der Waals surface area contributed by atoms with Crippen LogP contribution in [0, 0.1) is 0 Å². The number of nitrogens with zero attached hydrogens (tertiary/aromatic N) is 2. The monoisotopic (exact) mass is 197 g/mol. The first-order chi connectivity index (χ1) is 6.72. The molecule has 0 fully saturated rings. The summed E-state index contributed by atoms with van der Waals surface area (Å²) in [5, 5.41) is 7.45. The quantitative estimate of drug-likeness (QED) is 0.758. The summed E-state index contributed by atoms with van der Waals surface area (Å²) in [5.74, 6) is 0.848. The highest BCUT2D eigenvalue weighted by molar-refractivity contribution is 5.27. The van der Waals surface area contributed by atoms with E-state index in [1.54, 1.807) is 12.1 Å². The Labute approximate surface area is 83.2 Å². The van der Waals surface area contributed by atoms with Gasteiger partial charge in [0.05, 0.1) is 6.61 Å². The maximum absolute atomic E-state index is 5.42. The molecule has 0 aliphatic heterocycles. The molecule has 1 unspecified atom stereocenters. The fourth-order valence-corrected chi connectivity index (χ4v) is 0.917. The minimum atomic E-state index is -0.0344. The highest BCUT2D eigenvalue weighted by Gasteiger charge is 2.04. The van der Waals surface area contributed by atoms with Gasteiger partial charge in [-0.15, -0.1) is 10.2 Å². The van der Waals surface area contributed by atoms with Gasteiger partial charge in [0, 0.05) is 12.7 Å². The highest BCUT2D eigenvalue weighted by atomic mass is 16.5. The van der Waals surface area contributed by atoms with E-state index < -0.39 is 0 Å². The standard InChI is InChI=1S/C9H15N3O2/c1-3-13-6-7(2)14-9-5-4-8(10)11-12-9/h4-5,7H,3,6H2,1-2H3,(H2,10,11). The molecule has 0 saturated carbocycles. The van der Waals surface area contributed by atoms with Crippen LogP contribution in [0.3, 0.4) is 0 Å². The van der Waals surface area contributed by atoms with Gasteiger partial charge >= 0.3 is 0 Å². The Balaban J connectivity index is 2.39. The van der Waals surface area contributed by atoms with Crippen molar-refractivity contribution in [1.82, 2.24) is 10.2 Å². The summed E-state index contributed by atoms with van der Waals surface area (Å²) in [6, 6.07) is 3.33. The van der Waals surface area contributed by atoms with Gasteiger partial charge in [0.15, 0.2) is 0 Å². The molecule has 0 spiro atoms. The minimum Gasteiger partial charge on any atom is -0.471 e. The largest absolute Gasteiger partial charge is 0.471 e. The Bertz CT molecular complexity index is 263. The average Bonchev–Trinajstić information content (AvgIpc) is 2.18. The summed E-state index contributed by atoms with van der Waals surface area (Å²) >= 11 is 0. The first-order valence-corrected chi connectivity index (χ1v) is 4.56. The second kappa shape index (κ2) is 5.39. The van der Waals surface area contributed by atoms with E-state index >= 15 is 0 Å². The summed E-state index contributed by atoms with van der Waals surface area (Å²) < 4.78 is 10.6. The Morgan fingerprint density at radius 2 is 2.21 bits per heavy atom. The summed E-state index contributed by atoms with van der Waals surface area (Å²) in [5.41, 5.74) is 5.38. The Kier molecular flexibility index (Phi) is 4.12. The molecule has 5 heteroatoms. The first-order valence-electron chi connectivity index (χ1n) is 4.56. The van der Waals surface area contributed by atoms with E-state index in [9.17, 15) is 0 Å². The molecular formula is C9H15N3O2. The fraction of sp³-hybridized carbons (Fsp3) is 0.556. The predicted molar refractivity (Wildman–Crippen MR) is 53.0 cm³/mol. The summed E-state index contributed by atoms with van der Waals surface area (Å²) in [4.78, 5) is 0. The van der Waals surface area contributed by atoms with Gasteiger partial charge in [-0.05, 0) is 19.9 Å². The van der Waals surface area contributed by atoms with Crippen LogP contribution in [0.4, 0.5) is 5.82 Å². The molecule has 78 valence electrons. The Morgan fingerprint density at radius 3 is 2.79 bits per heavy atom. The molecule has 1 atom stereocenters. The molecule has 0 saturated heterocycles. The van der Waals surface area contributed by atoms with Crippen LogP contribution in [-0.2, 0) is 4.74 Å². The predicted octanol–water partition coefficient (Wildman–Crippen LogP) is 0.863. The smallest absolute Gasteiger partial charge is 0.233 e. The van der Waals surface area contributed by atoms with Crippen molar-refractivity contribution in [1.29, 1.82) is 0 Å². The van der Waals surface area contributed by atoms with Gasteiger partial charge in [-0.3, -0.25) is 0 Å². The number of hydrogen-bond acceptors (Lipinski definition) is 5. The molecule has 0 amide bonds. The molecule has 1 rings (SSSR count). The normalized spacial score (nSPS) is 12.4. The third kappa shape index (κ3) is 3.57. The van der Waals surface area contributed by atoms with E-state index in [4.69, 9.17) is 15.2 Å². The minimum absolute atomic E-state index is 0.0344. The van der Waals surface area contributed by atoms with Crippen molar-refractivity contribution in [2.24, 2.45) is 0 Å². The van der Waals surface area contributed by atoms with Gasteiger partial charge in [-0.25, -0.2) is 0 Å². The maximum Gasteiger partial charge on any atom is 0.233 e. The molecule has 2 N–H and O–H groups in total. The van der Waals surface area contributed by atoms with Crippen LogP contribution in [0.25, 0.3) is 0 Å². The molecule has 0 aliphatic rings. The van der Waals surface area contributed by atoms with Crippen molar-refractivity contribution in [3.05, 3.63) is 12.1 Å². The van der Waals surface area contributed by atoms with Crippen LogP contribution in [0.15, 0.2) is 12.1 Å². The zero-order valence-electron chi connectivity index (χ0n) is 8.43. The van der Waals surface area contributed by atoms with Crippen LogP contribution < -0.4 is 10.5 Å². The van der Waals surface area contributed by atoms with Gasteiger partial charge in [0.2, 0.25) is 5.88 Å². The van der Waals surface area contributed by atoms with Gasteiger partial charge < -0.3 is 15.2 Å². The topological polar surface area (TPSA) is 70.3 Å². The number of nitrogen functional groups attached to an aromatic ring is 1. The van der Waals surface area contributed by atoms with Gasteiger partial charge in [0.1, 0.15) is 11.9 Å². The number of nitrogens with two attached hydrogens (primary N) is 1. The van der Waals surface area contributed by atoms with E-state index in [-0.39, 0.29) is 6.10 Å². The van der Waals surface area contributed by atoms with Crippen molar-refractivity contribution in [3.63, 3.8) is 0 Å². The fourth-order valence-electron chi connectivity index (χ4n) is 0.917. The molecule has 0 bridgehead atoms. The number of hydrogen-bond donors (Lipinski definition) is 1. The van der Waals surface area contributed by atoms with Crippen LogP contribution in [-0.4, -0.2) is 29.5 Å². The summed E-state index contributed by atoms with van der Waals surface area (Å²) in [7, 11) is 0. The lowest BCUT2D eigenvalue weighted by atomic mass is 10.4. The van der Waals surface area contributed by atoms with Crippen molar-refractivity contribution >= 4 is 5.82 Å². The number of anilines is 1. The van der Waals surface area contributed by atoms with E-state index in [0.717, 1.165) is 0 Å². The molecule has 1 aromatic heterocycles. The second-order valence-electron chi connectivity index (χ2n) is 2.88. The molecule has 14 heavy (non-hydrogen) atoms. The summed E-state index contributed by atoms with van der Waals surface area (Å²) in [6.07, 6.45) is -0.0344. The third-order valence-corrected chi connectivity index (χ3v) is 1.54. The van der Waals surface area contributed by atoms with Crippen LogP contribution in [0.2, 0.25) is 0 Å². The van der Waals surface area contributed by atoms with Crippen LogP contribution in [0.5, 0.6) is 5.88 Å². The van der Waals surface area contributed by atoms with E-state index in [1.165, 1.54) is 0 Å². The van der Waals surface area contributed by atoms with Crippen molar-refractivity contribution in [2.75, 3.05) is 18.9 Å². The number of aromatic nitrogens is 2. The molecule has 0 aromatic carbocycles. The lowest BCUT2D eigenvalue weighted by Gasteiger charge is -2.12. The van der Waals surface area contributed by atoms with E-state index in [2.05, 4.69) is 10.2 Å². The van der Waals surface area contributed by atoms with Gasteiger partial charge in [-0.1, -0.05) is 0 Å². The first kappa shape index (κ1) is 10.7. The number of rotatable bonds is 5. The van der Waals surface area contributed by atoms with E-state index in [0.29, 0.717) is 24.9 Å². The SMILES string of the molecule is CCOCC(C)Oc1ccc(N)nn1. The van der Waals surface area contributed by atoms with Crippen molar-refractivity contribution in [3.8, 4) is 5.88 Å². The lowest BCUT2D eigenvalue weighted by molar-refractivity contribution is 0.0628. The van der Waals surface area contributed by atoms with Crippen LogP contribution >= 0.6 is 0 Å². The lowest BCUT2D eigenvalue weighted by Crippen LogP contribution is -2.19. The average molecular weight is 197 g/mol. The molecular weight excluding hydrogens is 182 g/mol.